The van der Waals surface area contributed by atoms with Crippen molar-refractivity contribution in [1.82, 2.24) is 9.78 Å². The molecule has 7 nitrogen and oxygen atoms in total. The Balaban J connectivity index is 1.68. The fourth-order valence-electron chi connectivity index (χ4n) is 4.57. The third-order valence-electron chi connectivity index (χ3n) is 6.30. The van der Waals surface area contributed by atoms with E-state index in [-0.39, 0.29) is 13.0 Å². The normalized spacial score (nSPS) is 18.4. The lowest BCUT2D eigenvalue weighted by atomic mass is 10.1. The molecule has 1 aromatic heterocycles. The second kappa shape index (κ2) is 9.96. The number of sulfone groups is 1. The van der Waals surface area contributed by atoms with Crippen LogP contribution < -0.4 is 4.90 Å². The van der Waals surface area contributed by atoms with Gasteiger partial charge in [-0.1, -0.05) is 42.5 Å². The van der Waals surface area contributed by atoms with Crippen molar-refractivity contribution >= 4 is 21.6 Å². The van der Waals surface area contributed by atoms with Gasteiger partial charge in [0.25, 0.3) is 0 Å². The third kappa shape index (κ3) is 5.11. The number of nitrogens with zero attached hydrogens (tertiary/aromatic N) is 3. The highest BCUT2D eigenvalue weighted by Gasteiger charge is 2.47. The molecule has 0 amide bonds. The summed E-state index contributed by atoms with van der Waals surface area (Å²) < 4.78 is 74.2. The topological polar surface area (TPSA) is 81.5 Å². The Morgan fingerprint density at radius 1 is 1.11 bits per heavy atom. The molecule has 0 unspecified atom stereocenters. The number of alkyl halides is 3. The zero-order chi connectivity index (χ0) is 26.1. The summed E-state index contributed by atoms with van der Waals surface area (Å²) in [4.78, 5) is 13.5. The van der Waals surface area contributed by atoms with E-state index in [9.17, 15) is 26.4 Å². The Morgan fingerprint density at radius 2 is 1.78 bits per heavy atom. The smallest absolute Gasteiger partial charge is 0.417 e. The molecule has 4 rings (SSSR count). The number of aromatic nitrogens is 2. The number of methoxy groups -OCH3 is 1. The molecule has 1 fully saturated rings. The Bertz CT molecular complexity index is 1340. The van der Waals surface area contributed by atoms with Crippen LogP contribution in [0.3, 0.4) is 0 Å². The minimum atomic E-state index is -4.84. The highest BCUT2D eigenvalue weighted by Crippen LogP contribution is 2.38. The molecular weight excluding hydrogens is 495 g/mol. The van der Waals surface area contributed by atoms with Gasteiger partial charge in [-0.2, -0.15) is 18.3 Å². The minimum Gasteiger partial charge on any atom is -0.467 e. The first kappa shape index (κ1) is 25.7. The second-order valence-electron chi connectivity index (χ2n) is 8.69. The van der Waals surface area contributed by atoms with Gasteiger partial charge in [0.15, 0.2) is 9.84 Å². The number of aryl methyl sites for hydroxylation is 3. The monoisotopic (exact) mass is 521 g/mol. The maximum Gasteiger partial charge on any atom is 0.417 e. The van der Waals surface area contributed by atoms with Gasteiger partial charge in [0.2, 0.25) is 0 Å². The predicted molar refractivity (Wildman–Crippen MR) is 127 cm³/mol. The molecule has 192 valence electrons. The number of ether oxygens (including phenoxy) is 1. The van der Waals surface area contributed by atoms with Crippen LogP contribution in [-0.4, -0.2) is 49.1 Å². The van der Waals surface area contributed by atoms with Crippen molar-refractivity contribution in [2.24, 2.45) is 0 Å². The van der Waals surface area contributed by atoms with E-state index in [1.54, 1.807) is 22.6 Å². The van der Waals surface area contributed by atoms with Gasteiger partial charge in [-0.05, 0) is 37.5 Å². The largest absolute Gasteiger partial charge is 0.467 e. The first-order valence-electron chi connectivity index (χ1n) is 11.4. The van der Waals surface area contributed by atoms with Crippen molar-refractivity contribution < 1.29 is 31.1 Å². The lowest BCUT2D eigenvalue weighted by molar-refractivity contribution is -0.142. The van der Waals surface area contributed by atoms with E-state index in [0.29, 0.717) is 24.5 Å². The SMILES string of the molecule is COC(=O)[C@H]1C[C@@H](S(=O)(=O)c2ccccc2C(F)(F)F)CN1c1cc(C)nn1CCc1ccccc1. The molecule has 1 aliphatic rings. The zero-order valence-corrected chi connectivity index (χ0v) is 20.6. The predicted octanol–water partition coefficient (Wildman–Crippen LogP) is 4.05. The van der Waals surface area contributed by atoms with Gasteiger partial charge in [0.05, 0.1) is 28.5 Å². The van der Waals surface area contributed by atoms with Gasteiger partial charge < -0.3 is 9.64 Å². The van der Waals surface area contributed by atoms with Crippen LogP contribution in [0.4, 0.5) is 19.0 Å². The van der Waals surface area contributed by atoms with Crippen LogP contribution in [0.25, 0.3) is 0 Å². The van der Waals surface area contributed by atoms with Crippen LogP contribution in [0.15, 0.2) is 65.6 Å². The summed E-state index contributed by atoms with van der Waals surface area (Å²) >= 11 is 0. The molecule has 1 aliphatic heterocycles. The Kier molecular flexibility index (Phi) is 7.12. The summed E-state index contributed by atoms with van der Waals surface area (Å²) in [6.07, 6.45) is -4.40. The van der Waals surface area contributed by atoms with Gasteiger partial charge >= 0.3 is 12.1 Å². The standard InChI is InChI=1S/C25H26F3N3O4S/c1-17-14-23(31(29-17)13-12-18-8-4-3-5-9-18)30-16-19(15-21(30)24(32)35-2)36(33,34)22-11-7-6-10-20(22)25(26,27)28/h3-11,14,19,21H,12-13,15-16H2,1-2H3/t19-,21-/m1/s1. The molecule has 2 aromatic carbocycles. The van der Waals surface area contributed by atoms with Crippen molar-refractivity contribution in [3.8, 4) is 0 Å². The van der Waals surface area contributed by atoms with Gasteiger partial charge in [-0.25, -0.2) is 17.9 Å². The summed E-state index contributed by atoms with van der Waals surface area (Å²) in [6, 6.07) is 14.6. The van der Waals surface area contributed by atoms with Crippen LogP contribution in [-0.2, 0) is 38.5 Å². The van der Waals surface area contributed by atoms with E-state index in [4.69, 9.17) is 4.74 Å². The average molecular weight is 522 g/mol. The molecule has 36 heavy (non-hydrogen) atoms. The number of benzene rings is 2. The molecule has 0 bridgehead atoms. The maximum atomic E-state index is 13.6. The van der Waals surface area contributed by atoms with Crippen LogP contribution in [0.1, 0.15) is 23.2 Å². The summed E-state index contributed by atoms with van der Waals surface area (Å²) in [5.41, 5.74) is 0.518. The maximum absolute atomic E-state index is 13.6. The summed E-state index contributed by atoms with van der Waals surface area (Å²) in [5.74, 6) is -0.147. The molecule has 3 aromatic rings. The van der Waals surface area contributed by atoms with Crippen molar-refractivity contribution in [2.75, 3.05) is 18.6 Å². The van der Waals surface area contributed by atoms with Crippen molar-refractivity contribution in [2.45, 2.75) is 48.7 Å². The molecule has 11 heteroatoms. The number of carbonyl (C=O) groups excluding carboxylic acids is 1. The molecular formula is C25H26F3N3O4S. The van der Waals surface area contributed by atoms with E-state index in [1.165, 1.54) is 13.2 Å². The summed E-state index contributed by atoms with van der Waals surface area (Å²) in [5, 5.41) is 3.26. The number of hydrogen-bond acceptors (Lipinski definition) is 6. The molecule has 1 saturated heterocycles. The van der Waals surface area contributed by atoms with E-state index in [0.717, 1.165) is 23.8 Å². The highest BCUT2D eigenvalue weighted by molar-refractivity contribution is 7.92. The van der Waals surface area contributed by atoms with E-state index >= 15 is 0 Å². The minimum absolute atomic E-state index is 0.176. The third-order valence-corrected chi connectivity index (χ3v) is 8.49. The van der Waals surface area contributed by atoms with Gasteiger partial charge in [0.1, 0.15) is 11.9 Å². The number of anilines is 1. The molecule has 0 spiro atoms. The number of halogens is 3. The highest BCUT2D eigenvalue weighted by atomic mass is 32.2. The molecule has 2 heterocycles. The van der Waals surface area contributed by atoms with Crippen molar-refractivity contribution in [3.05, 3.63) is 77.5 Å². The molecule has 0 aliphatic carbocycles. The van der Waals surface area contributed by atoms with Crippen LogP contribution in [0.2, 0.25) is 0 Å². The number of carbonyl (C=O) groups is 1. The van der Waals surface area contributed by atoms with E-state index in [1.807, 2.05) is 30.3 Å². The quantitative estimate of drug-likeness (QED) is 0.437. The average Bonchev–Trinajstić information content (AvgIpc) is 3.46. The van der Waals surface area contributed by atoms with Crippen LogP contribution in [0.5, 0.6) is 0 Å². The number of esters is 1. The van der Waals surface area contributed by atoms with E-state index < -0.39 is 43.7 Å². The number of rotatable bonds is 7. The van der Waals surface area contributed by atoms with Gasteiger partial charge in [0, 0.05) is 19.2 Å². The Labute approximate surface area is 207 Å². The summed E-state index contributed by atoms with van der Waals surface area (Å²) in [7, 11) is -3.23. The fourth-order valence-corrected chi connectivity index (χ4v) is 6.48. The number of hydrogen-bond donors (Lipinski definition) is 0. The van der Waals surface area contributed by atoms with Crippen molar-refractivity contribution in [3.63, 3.8) is 0 Å². The Morgan fingerprint density at radius 3 is 2.44 bits per heavy atom. The lowest BCUT2D eigenvalue weighted by Crippen LogP contribution is -2.38. The lowest BCUT2D eigenvalue weighted by Gasteiger charge is -2.25. The second-order valence-corrected chi connectivity index (χ2v) is 10.9. The van der Waals surface area contributed by atoms with E-state index in [2.05, 4.69) is 5.10 Å². The van der Waals surface area contributed by atoms with Crippen LogP contribution in [0, 0.1) is 6.92 Å². The molecule has 0 N–H and O–H groups in total. The molecule has 0 saturated carbocycles. The van der Waals surface area contributed by atoms with Gasteiger partial charge in [-0.15, -0.1) is 0 Å². The molecule has 2 atom stereocenters. The molecule has 0 radical (unpaired) electrons. The van der Waals surface area contributed by atoms with Gasteiger partial charge in [-0.3, -0.25) is 0 Å². The first-order chi connectivity index (χ1) is 17.0. The van der Waals surface area contributed by atoms with Crippen molar-refractivity contribution in [1.29, 1.82) is 0 Å². The first-order valence-corrected chi connectivity index (χ1v) is 12.9. The Hall–Kier alpha value is -3.34. The summed E-state index contributed by atoms with van der Waals surface area (Å²) in [6.45, 7) is 2.07. The van der Waals surface area contributed by atoms with Crippen LogP contribution >= 0.6 is 0 Å². The zero-order valence-electron chi connectivity index (χ0n) is 19.8. The fraction of sp³-hybridized carbons (Fsp3) is 0.360.